The molecule has 0 aromatic heterocycles. The van der Waals surface area contributed by atoms with Gasteiger partial charge >= 0.3 is 11.9 Å². The summed E-state index contributed by atoms with van der Waals surface area (Å²) in [6.45, 7) is 12.9. The second-order valence-corrected chi connectivity index (χ2v) is 6.18. The molecule has 2 unspecified atom stereocenters. The molecule has 140 valence electrons. The number of allylic oxidation sites excluding steroid dienone is 2. The molecule has 0 amide bonds. The van der Waals surface area contributed by atoms with Gasteiger partial charge in [0, 0.05) is 19.8 Å². The van der Waals surface area contributed by atoms with Gasteiger partial charge in [0.15, 0.2) is 5.78 Å². The number of carbonyl (C=O) groups excluding carboxylic acids is 3. The molecule has 0 rings (SSSR count). The van der Waals surface area contributed by atoms with E-state index < -0.39 is 23.5 Å². The van der Waals surface area contributed by atoms with Crippen LogP contribution in [0.1, 0.15) is 40.5 Å². The highest BCUT2D eigenvalue weighted by Crippen LogP contribution is 2.25. The molecule has 0 aliphatic heterocycles. The van der Waals surface area contributed by atoms with E-state index in [0.29, 0.717) is 24.0 Å². The van der Waals surface area contributed by atoms with Gasteiger partial charge in [-0.15, -0.1) is 6.58 Å². The van der Waals surface area contributed by atoms with E-state index >= 15 is 0 Å². The van der Waals surface area contributed by atoms with E-state index in [0.717, 1.165) is 0 Å². The Labute approximate surface area is 149 Å². The van der Waals surface area contributed by atoms with Crippen molar-refractivity contribution in [2.24, 2.45) is 5.92 Å². The van der Waals surface area contributed by atoms with E-state index in [1.54, 1.807) is 6.92 Å². The highest BCUT2D eigenvalue weighted by Gasteiger charge is 2.28. The van der Waals surface area contributed by atoms with Gasteiger partial charge in [-0.3, -0.25) is 14.4 Å². The molecule has 25 heavy (non-hydrogen) atoms. The molecule has 0 aromatic carbocycles. The van der Waals surface area contributed by atoms with Gasteiger partial charge in [0.2, 0.25) is 0 Å². The molecule has 0 spiro atoms. The molecule has 0 saturated heterocycles. The van der Waals surface area contributed by atoms with Crippen LogP contribution < -0.4 is 0 Å². The quantitative estimate of drug-likeness (QED) is 0.349. The van der Waals surface area contributed by atoms with Crippen molar-refractivity contribution in [2.45, 2.75) is 46.1 Å². The monoisotopic (exact) mass is 352 g/mol. The Morgan fingerprint density at radius 2 is 1.72 bits per heavy atom. The minimum Gasteiger partial charge on any atom is -0.462 e. The first-order valence-electron chi connectivity index (χ1n) is 8.02. The van der Waals surface area contributed by atoms with Crippen molar-refractivity contribution in [2.75, 3.05) is 13.2 Å². The van der Waals surface area contributed by atoms with Crippen molar-refractivity contribution < 1.29 is 29.0 Å². The second-order valence-electron chi connectivity index (χ2n) is 6.18. The molecule has 1 N–H and O–H groups in total. The summed E-state index contributed by atoms with van der Waals surface area (Å²) in [5.74, 6) is -1.54. The lowest BCUT2D eigenvalue weighted by atomic mass is 9.89. The summed E-state index contributed by atoms with van der Waals surface area (Å²) < 4.78 is 9.76. The fourth-order valence-electron chi connectivity index (χ4n) is 1.84. The Bertz CT molecular complexity index is 556. The summed E-state index contributed by atoms with van der Waals surface area (Å²) in [5, 5.41) is 10.6. The Morgan fingerprint density at radius 1 is 1.16 bits per heavy atom. The molecule has 0 aliphatic carbocycles. The Kier molecular flexibility index (Phi) is 9.67. The SMILES string of the molecule is C=CC(C)C(=O)C=C(CCC(=C)COC(C)=O)C(C)(O)COC(C)=O. The van der Waals surface area contributed by atoms with Crippen molar-refractivity contribution in [3.8, 4) is 0 Å². The Balaban J connectivity index is 5.19. The van der Waals surface area contributed by atoms with Crippen molar-refractivity contribution in [1.82, 2.24) is 0 Å². The van der Waals surface area contributed by atoms with Crippen LogP contribution >= 0.6 is 0 Å². The van der Waals surface area contributed by atoms with E-state index in [1.165, 1.54) is 32.9 Å². The molecule has 6 heteroatoms. The van der Waals surface area contributed by atoms with E-state index in [1.807, 2.05) is 0 Å². The first-order chi connectivity index (χ1) is 11.5. The van der Waals surface area contributed by atoms with Crippen LogP contribution in [0.4, 0.5) is 0 Å². The molecule has 0 heterocycles. The summed E-state index contributed by atoms with van der Waals surface area (Å²) in [7, 11) is 0. The molecular formula is C19H28O6. The third-order valence-electron chi connectivity index (χ3n) is 3.59. The zero-order chi connectivity index (χ0) is 19.6. The van der Waals surface area contributed by atoms with Gasteiger partial charge in [0.25, 0.3) is 0 Å². The third-order valence-corrected chi connectivity index (χ3v) is 3.59. The fourth-order valence-corrected chi connectivity index (χ4v) is 1.84. The lowest BCUT2D eigenvalue weighted by molar-refractivity contribution is -0.146. The summed E-state index contributed by atoms with van der Waals surface area (Å²) in [4.78, 5) is 34.0. The van der Waals surface area contributed by atoms with Gasteiger partial charge in [0.1, 0.15) is 18.8 Å². The molecule has 2 atom stereocenters. The largest absolute Gasteiger partial charge is 0.462 e. The first-order valence-corrected chi connectivity index (χ1v) is 8.02. The van der Waals surface area contributed by atoms with E-state index in [-0.39, 0.29) is 19.0 Å². The minimum absolute atomic E-state index is 0.0751. The highest BCUT2D eigenvalue weighted by atomic mass is 16.5. The summed E-state index contributed by atoms with van der Waals surface area (Å²) in [6.07, 6.45) is 3.58. The average Bonchev–Trinajstić information content (AvgIpc) is 2.53. The van der Waals surface area contributed by atoms with E-state index in [2.05, 4.69) is 13.2 Å². The number of hydrogen-bond donors (Lipinski definition) is 1. The maximum absolute atomic E-state index is 12.2. The van der Waals surface area contributed by atoms with E-state index in [9.17, 15) is 19.5 Å². The van der Waals surface area contributed by atoms with Gasteiger partial charge in [-0.25, -0.2) is 0 Å². The lowest BCUT2D eigenvalue weighted by Gasteiger charge is -2.26. The van der Waals surface area contributed by atoms with Crippen molar-refractivity contribution >= 4 is 17.7 Å². The number of ketones is 1. The predicted octanol–water partition coefficient (Wildman–Crippen LogP) is 2.52. The number of aliphatic hydroxyl groups is 1. The number of rotatable bonds is 11. The number of carbonyl (C=O) groups is 3. The average molecular weight is 352 g/mol. The normalized spacial score (nSPS) is 14.8. The number of esters is 2. The number of hydrogen-bond acceptors (Lipinski definition) is 6. The smallest absolute Gasteiger partial charge is 0.302 e. The minimum atomic E-state index is -1.50. The van der Waals surface area contributed by atoms with Crippen LogP contribution in [0.3, 0.4) is 0 Å². The second kappa shape index (κ2) is 10.6. The maximum Gasteiger partial charge on any atom is 0.302 e. The summed E-state index contributed by atoms with van der Waals surface area (Å²) >= 11 is 0. The topological polar surface area (TPSA) is 89.9 Å². The number of ether oxygens (including phenoxy) is 2. The first kappa shape index (κ1) is 22.8. The Hall–Kier alpha value is -2.21. The van der Waals surface area contributed by atoms with Crippen LogP contribution in [0.25, 0.3) is 0 Å². The lowest BCUT2D eigenvalue weighted by Crippen LogP contribution is -2.35. The van der Waals surface area contributed by atoms with Gasteiger partial charge in [-0.05, 0) is 37.0 Å². The van der Waals surface area contributed by atoms with Crippen LogP contribution in [0.15, 0.2) is 36.5 Å². The maximum atomic E-state index is 12.2. The molecule has 0 aromatic rings. The molecule has 0 aliphatic rings. The van der Waals surface area contributed by atoms with Crippen molar-refractivity contribution in [1.29, 1.82) is 0 Å². The predicted molar refractivity (Wildman–Crippen MR) is 94.7 cm³/mol. The van der Waals surface area contributed by atoms with Crippen LogP contribution in [-0.2, 0) is 23.9 Å². The van der Waals surface area contributed by atoms with Gasteiger partial charge < -0.3 is 14.6 Å². The van der Waals surface area contributed by atoms with Crippen LogP contribution in [0.2, 0.25) is 0 Å². The zero-order valence-corrected chi connectivity index (χ0v) is 15.5. The van der Waals surface area contributed by atoms with Crippen LogP contribution in [0.5, 0.6) is 0 Å². The van der Waals surface area contributed by atoms with Gasteiger partial charge in [-0.1, -0.05) is 19.6 Å². The third kappa shape index (κ3) is 9.62. The summed E-state index contributed by atoms with van der Waals surface area (Å²) in [5.41, 5.74) is -0.436. The standard InChI is InChI=1S/C19H28O6/c1-7-14(3)18(22)10-17(19(6,23)12-25-16(5)21)9-8-13(2)11-24-15(4)20/h7,10,14,23H,1-2,8-9,11-12H2,3-6H3. The van der Waals surface area contributed by atoms with Gasteiger partial charge in [-0.2, -0.15) is 0 Å². The van der Waals surface area contributed by atoms with E-state index in [4.69, 9.17) is 9.47 Å². The zero-order valence-electron chi connectivity index (χ0n) is 15.5. The Morgan fingerprint density at radius 3 is 2.20 bits per heavy atom. The summed E-state index contributed by atoms with van der Waals surface area (Å²) in [6, 6.07) is 0. The molecule has 0 bridgehead atoms. The fraction of sp³-hybridized carbons (Fsp3) is 0.526. The van der Waals surface area contributed by atoms with Gasteiger partial charge in [0.05, 0.1) is 0 Å². The van der Waals surface area contributed by atoms with Crippen molar-refractivity contribution in [3.05, 3.63) is 36.5 Å². The van der Waals surface area contributed by atoms with Crippen molar-refractivity contribution in [3.63, 3.8) is 0 Å². The molecule has 6 nitrogen and oxygen atoms in total. The van der Waals surface area contributed by atoms with Crippen LogP contribution in [-0.4, -0.2) is 41.6 Å². The molecule has 0 radical (unpaired) electrons. The molecular weight excluding hydrogens is 324 g/mol. The van der Waals surface area contributed by atoms with Crippen LogP contribution in [0, 0.1) is 5.92 Å². The molecule has 0 fully saturated rings. The molecule has 0 saturated carbocycles. The highest BCUT2D eigenvalue weighted by molar-refractivity contribution is 5.93.